The first-order valence-electron chi connectivity index (χ1n) is 5.97. The monoisotopic (exact) mass is 266 g/mol. The summed E-state index contributed by atoms with van der Waals surface area (Å²) in [7, 11) is 0. The maximum Gasteiger partial charge on any atom is 0.244 e. The van der Waals surface area contributed by atoms with Gasteiger partial charge in [0.05, 0.1) is 0 Å². The van der Waals surface area contributed by atoms with Crippen LogP contribution in [0.5, 0.6) is 0 Å². The fourth-order valence-corrected chi connectivity index (χ4v) is 1.60. The zero-order valence-electron chi connectivity index (χ0n) is 10.7. The topological polar surface area (TPSA) is 55.1 Å². The van der Waals surface area contributed by atoms with Gasteiger partial charge >= 0.3 is 0 Å². The van der Waals surface area contributed by atoms with Crippen LogP contribution in [0.1, 0.15) is 19.4 Å². The minimum Gasteiger partial charge on any atom is -0.348 e. The molecule has 0 aliphatic rings. The van der Waals surface area contributed by atoms with E-state index in [0.29, 0.717) is 17.5 Å². The van der Waals surface area contributed by atoms with E-state index < -0.39 is 0 Å². The van der Waals surface area contributed by atoms with Crippen LogP contribution in [-0.4, -0.2) is 18.5 Å². The minimum atomic E-state index is -0.130. The van der Waals surface area contributed by atoms with Gasteiger partial charge < -0.3 is 11.1 Å². The Balaban J connectivity index is 2.56. The van der Waals surface area contributed by atoms with E-state index in [1.165, 1.54) is 6.08 Å². The summed E-state index contributed by atoms with van der Waals surface area (Å²) in [6, 6.07) is 7.29. The van der Waals surface area contributed by atoms with Gasteiger partial charge in [-0.1, -0.05) is 37.6 Å². The Morgan fingerprint density at radius 2 is 2.00 bits per heavy atom. The number of nitrogens with two attached hydrogens (primary N) is 1. The molecule has 0 fully saturated rings. The average molecular weight is 267 g/mol. The third-order valence-electron chi connectivity index (χ3n) is 2.68. The number of rotatable bonds is 5. The maximum absolute atomic E-state index is 11.7. The molecule has 0 saturated heterocycles. The van der Waals surface area contributed by atoms with Crippen molar-refractivity contribution >= 4 is 23.6 Å². The smallest absolute Gasteiger partial charge is 0.244 e. The number of hydrogen-bond acceptors (Lipinski definition) is 2. The van der Waals surface area contributed by atoms with Crippen molar-refractivity contribution in [2.45, 2.75) is 19.9 Å². The molecule has 4 heteroatoms. The van der Waals surface area contributed by atoms with Crippen LogP contribution in [0, 0.1) is 5.92 Å². The molecule has 98 valence electrons. The van der Waals surface area contributed by atoms with Crippen LogP contribution >= 0.6 is 11.6 Å². The zero-order chi connectivity index (χ0) is 13.5. The van der Waals surface area contributed by atoms with Crippen molar-refractivity contribution in [3.63, 3.8) is 0 Å². The van der Waals surface area contributed by atoms with E-state index in [1.54, 1.807) is 18.2 Å². The number of carbonyl (C=O) groups is 1. The number of carbonyl (C=O) groups excluding carboxylic acids is 1. The number of nitrogens with one attached hydrogen (secondary N) is 1. The summed E-state index contributed by atoms with van der Waals surface area (Å²) in [6.45, 7) is 4.50. The van der Waals surface area contributed by atoms with E-state index in [1.807, 2.05) is 26.0 Å². The van der Waals surface area contributed by atoms with Crippen LogP contribution in [0.3, 0.4) is 0 Å². The van der Waals surface area contributed by atoms with Gasteiger partial charge in [0, 0.05) is 23.7 Å². The van der Waals surface area contributed by atoms with E-state index >= 15 is 0 Å². The first-order valence-corrected chi connectivity index (χ1v) is 6.35. The fourth-order valence-electron chi connectivity index (χ4n) is 1.47. The van der Waals surface area contributed by atoms with Crippen LogP contribution in [-0.2, 0) is 4.79 Å². The molecule has 3 nitrogen and oxygen atoms in total. The number of hydrogen-bond donors (Lipinski definition) is 2. The van der Waals surface area contributed by atoms with E-state index in [9.17, 15) is 4.79 Å². The Hall–Kier alpha value is -1.32. The Bertz CT molecular complexity index is 412. The third-order valence-corrected chi connectivity index (χ3v) is 2.94. The molecule has 1 amide bonds. The highest BCUT2D eigenvalue weighted by molar-refractivity contribution is 6.30. The van der Waals surface area contributed by atoms with Gasteiger partial charge in [0.1, 0.15) is 0 Å². The SMILES string of the molecule is CC(C)C(CN)NC(=O)C=Cc1ccc(Cl)cc1. The van der Waals surface area contributed by atoms with Crippen LogP contribution < -0.4 is 11.1 Å². The van der Waals surface area contributed by atoms with Crippen LogP contribution in [0.25, 0.3) is 6.08 Å². The summed E-state index contributed by atoms with van der Waals surface area (Å²) in [4.78, 5) is 11.7. The molecule has 1 aromatic rings. The first kappa shape index (κ1) is 14.7. The molecule has 1 rings (SSSR count). The first-order chi connectivity index (χ1) is 8.52. The van der Waals surface area contributed by atoms with Crippen LogP contribution in [0.15, 0.2) is 30.3 Å². The third kappa shape index (κ3) is 4.90. The van der Waals surface area contributed by atoms with Crippen molar-refractivity contribution in [3.05, 3.63) is 40.9 Å². The zero-order valence-corrected chi connectivity index (χ0v) is 11.4. The molecule has 0 heterocycles. The van der Waals surface area contributed by atoms with Gasteiger partial charge in [0.15, 0.2) is 0 Å². The highest BCUT2D eigenvalue weighted by Gasteiger charge is 2.12. The van der Waals surface area contributed by atoms with Gasteiger partial charge in [-0.2, -0.15) is 0 Å². The molecule has 1 aromatic carbocycles. The lowest BCUT2D eigenvalue weighted by molar-refractivity contribution is -0.117. The minimum absolute atomic E-state index is 0.00682. The highest BCUT2D eigenvalue weighted by atomic mass is 35.5. The maximum atomic E-state index is 11.7. The summed E-state index contributed by atoms with van der Waals surface area (Å²) in [5, 5.41) is 3.55. The summed E-state index contributed by atoms with van der Waals surface area (Å²) in [5.74, 6) is 0.192. The molecular formula is C14H19ClN2O. The molecule has 0 bridgehead atoms. The molecule has 1 atom stereocenters. The molecular weight excluding hydrogens is 248 g/mol. The van der Waals surface area contributed by atoms with Crippen molar-refractivity contribution < 1.29 is 4.79 Å². The molecule has 0 aliphatic carbocycles. The van der Waals surface area contributed by atoms with Gasteiger partial charge in [-0.15, -0.1) is 0 Å². The van der Waals surface area contributed by atoms with E-state index in [2.05, 4.69) is 5.32 Å². The van der Waals surface area contributed by atoms with Crippen molar-refractivity contribution in [1.29, 1.82) is 0 Å². The average Bonchev–Trinajstić information content (AvgIpc) is 2.35. The normalized spacial score (nSPS) is 12.9. The quantitative estimate of drug-likeness (QED) is 0.805. The summed E-state index contributed by atoms with van der Waals surface area (Å²) in [6.07, 6.45) is 3.26. The van der Waals surface area contributed by atoms with Gasteiger partial charge in [-0.25, -0.2) is 0 Å². The lowest BCUT2D eigenvalue weighted by Gasteiger charge is -2.19. The second-order valence-electron chi connectivity index (χ2n) is 4.48. The lowest BCUT2D eigenvalue weighted by atomic mass is 10.0. The summed E-state index contributed by atoms with van der Waals surface area (Å²) < 4.78 is 0. The van der Waals surface area contributed by atoms with Crippen molar-refractivity contribution in [2.75, 3.05) is 6.54 Å². The number of amides is 1. The predicted molar refractivity (Wildman–Crippen MR) is 76.3 cm³/mol. The Morgan fingerprint density at radius 1 is 1.39 bits per heavy atom. The summed E-state index contributed by atoms with van der Waals surface area (Å²) in [5.41, 5.74) is 6.53. The van der Waals surface area contributed by atoms with Crippen molar-refractivity contribution in [1.82, 2.24) is 5.32 Å². The summed E-state index contributed by atoms with van der Waals surface area (Å²) >= 11 is 5.78. The number of halogens is 1. The molecule has 0 aliphatic heterocycles. The molecule has 0 spiro atoms. The number of benzene rings is 1. The molecule has 18 heavy (non-hydrogen) atoms. The standard InChI is InChI=1S/C14H19ClN2O/c1-10(2)13(9-16)17-14(18)8-5-11-3-6-12(15)7-4-11/h3-8,10,13H,9,16H2,1-2H3,(H,17,18). The van der Waals surface area contributed by atoms with Gasteiger partial charge in [-0.05, 0) is 29.7 Å². The fraction of sp³-hybridized carbons (Fsp3) is 0.357. The molecule has 0 aromatic heterocycles. The Labute approximate surface area is 113 Å². The Kier molecular flexibility index (Phi) is 5.89. The largest absolute Gasteiger partial charge is 0.348 e. The van der Waals surface area contributed by atoms with Crippen LogP contribution in [0.2, 0.25) is 5.02 Å². The van der Waals surface area contributed by atoms with Gasteiger partial charge in [-0.3, -0.25) is 4.79 Å². The molecule has 0 saturated carbocycles. The molecule has 3 N–H and O–H groups in total. The van der Waals surface area contributed by atoms with Crippen molar-refractivity contribution in [3.8, 4) is 0 Å². The predicted octanol–water partition coefficient (Wildman–Crippen LogP) is 2.45. The molecule has 0 radical (unpaired) electrons. The highest BCUT2D eigenvalue weighted by Crippen LogP contribution is 2.10. The van der Waals surface area contributed by atoms with Gasteiger partial charge in [0.25, 0.3) is 0 Å². The molecule has 1 unspecified atom stereocenters. The van der Waals surface area contributed by atoms with Crippen molar-refractivity contribution in [2.24, 2.45) is 11.7 Å². The van der Waals surface area contributed by atoms with Gasteiger partial charge in [0.2, 0.25) is 5.91 Å². The van der Waals surface area contributed by atoms with E-state index in [-0.39, 0.29) is 11.9 Å². The second-order valence-corrected chi connectivity index (χ2v) is 4.92. The van der Waals surface area contributed by atoms with Crippen LogP contribution in [0.4, 0.5) is 0 Å². The van der Waals surface area contributed by atoms with E-state index in [4.69, 9.17) is 17.3 Å². The van der Waals surface area contributed by atoms with E-state index in [0.717, 1.165) is 5.56 Å². The second kappa shape index (κ2) is 7.19. The Morgan fingerprint density at radius 3 is 2.50 bits per heavy atom. The lowest BCUT2D eigenvalue weighted by Crippen LogP contribution is -2.42.